The van der Waals surface area contributed by atoms with Gasteiger partial charge < -0.3 is 4.90 Å². The molecule has 2 rings (SSSR count). The second-order valence-electron chi connectivity index (χ2n) is 4.18. The van der Waals surface area contributed by atoms with Crippen LogP contribution in [-0.4, -0.2) is 29.8 Å². The maximum absolute atomic E-state index is 12.3. The van der Waals surface area contributed by atoms with Crippen LogP contribution in [0.4, 0.5) is 0 Å². The first kappa shape index (κ1) is 13.2. The minimum atomic E-state index is -0.0103. The van der Waals surface area contributed by atoms with Gasteiger partial charge in [-0.2, -0.15) is 0 Å². The Morgan fingerprint density at radius 1 is 1.53 bits per heavy atom. The molecule has 0 N–H and O–H groups in total. The van der Waals surface area contributed by atoms with Crippen LogP contribution in [-0.2, 0) is 0 Å². The number of carbonyl (C=O) groups excluding carboxylic acids is 1. The zero-order chi connectivity index (χ0) is 12.4. The number of likely N-dealkylation sites (tertiary alicyclic amines) is 1. The summed E-state index contributed by atoms with van der Waals surface area (Å²) in [5.74, 6) is 1.01. The Balaban J connectivity index is 2.17. The highest BCUT2D eigenvalue weighted by Crippen LogP contribution is 2.25. The van der Waals surface area contributed by atoms with E-state index in [0.717, 1.165) is 24.0 Å². The fraction of sp³-hybridized carbons (Fsp3) is 0.417. The van der Waals surface area contributed by atoms with E-state index in [9.17, 15) is 4.79 Å². The van der Waals surface area contributed by atoms with E-state index in [1.165, 1.54) is 0 Å². The number of amides is 1. The van der Waals surface area contributed by atoms with Gasteiger partial charge in [0.15, 0.2) is 0 Å². The van der Waals surface area contributed by atoms with Gasteiger partial charge in [0, 0.05) is 23.4 Å². The highest BCUT2D eigenvalue weighted by molar-refractivity contribution is 9.10. The van der Waals surface area contributed by atoms with Crippen LogP contribution >= 0.6 is 39.1 Å². The molecule has 1 aliphatic heterocycles. The third kappa shape index (κ3) is 2.95. The monoisotopic (exact) mass is 335 g/mol. The first-order chi connectivity index (χ1) is 8.11. The fourth-order valence-electron chi connectivity index (χ4n) is 1.97. The molecule has 1 aromatic rings. The third-order valence-corrected chi connectivity index (χ3v) is 4.21. The van der Waals surface area contributed by atoms with Gasteiger partial charge in [0.1, 0.15) is 0 Å². The lowest BCUT2D eigenvalue weighted by Crippen LogP contribution is -2.29. The quantitative estimate of drug-likeness (QED) is 0.752. The van der Waals surface area contributed by atoms with Crippen molar-refractivity contribution in [2.75, 3.05) is 19.0 Å². The van der Waals surface area contributed by atoms with Gasteiger partial charge in [0.05, 0.1) is 10.6 Å². The van der Waals surface area contributed by atoms with E-state index in [0.29, 0.717) is 22.4 Å². The molecule has 1 atom stereocenters. The number of rotatable bonds is 2. The van der Waals surface area contributed by atoms with Gasteiger partial charge in [-0.25, -0.2) is 0 Å². The van der Waals surface area contributed by atoms with Crippen LogP contribution in [0.15, 0.2) is 22.7 Å². The van der Waals surface area contributed by atoms with Gasteiger partial charge in [-0.3, -0.25) is 4.79 Å². The third-order valence-electron chi connectivity index (χ3n) is 2.95. The molecule has 1 aliphatic rings. The molecule has 1 aromatic carbocycles. The molecule has 0 aromatic heterocycles. The molecule has 0 saturated carbocycles. The van der Waals surface area contributed by atoms with E-state index < -0.39 is 0 Å². The Bertz CT molecular complexity index is 439. The molecule has 2 nitrogen and oxygen atoms in total. The van der Waals surface area contributed by atoms with Crippen LogP contribution < -0.4 is 0 Å². The summed E-state index contributed by atoms with van der Waals surface area (Å²) in [5, 5.41) is 0.493. The van der Waals surface area contributed by atoms with Gasteiger partial charge in [-0.15, -0.1) is 11.6 Å². The molecule has 0 radical (unpaired) electrons. The number of hydrogen-bond acceptors (Lipinski definition) is 1. The van der Waals surface area contributed by atoms with Crippen molar-refractivity contribution in [3.63, 3.8) is 0 Å². The zero-order valence-corrected chi connectivity index (χ0v) is 12.2. The number of alkyl halides is 1. The normalized spacial score (nSPS) is 19.7. The molecule has 0 bridgehead atoms. The standard InChI is InChI=1S/C12H12BrCl2NO/c13-9-1-2-11(15)10(5-9)12(17)16-4-3-8(6-14)7-16/h1-2,5,8H,3-4,6-7H2. The highest BCUT2D eigenvalue weighted by Gasteiger charge is 2.27. The number of benzene rings is 1. The summed E-state index contributed by atoms with van der Waals surface area (Å²) in [4.78, 5) is 14.1. The fourth-order valence-corrected chi connectivity index (χ4v) is 2.79. The lowest BCUT2D eigenvalue weighted by molar-refractivity contribution is 0.0788. The van der Waals surface area contributed by atoms with Crippen molar-refractivity contribution in [3.05, 3.63) is 33.3 Å². The van der Waals surface area contributed by atoms with Crippen LogP contribution in [0, 0.1) is 5.92 Å². The van der Waals surface area contributed by atoms with Gasteiger partial charge in [-0.05, 0) is 30.5 Å². The average Bonchev–Trinajstić information content (AvgIpc) is 2.80. The summed E-state index contributed by atoms with van der Waals surface area (Å²) in [7, 11) is 0. The first-order valence-electron chi connectivity index (χ1n) is 5.42. The summed E-state index contributed by atoms with van der Waals surface area (Å²) >= 11 is 15.2. The summed E-state index contributed by atoms with van der Waals surface area (Å²) in [6.07, 6.45) is 0.973. The Morgan fingerprint density at radius 2 is 2.29 bits per heavy atom. The van der Waals surface area contributed by atoms with Crippen LogP contribution in [0.5, 0.6) is 0 Å². The minimum absolute atomic E-state index is 0.0103. The number of carbonyl (C=O) groups is 1. The first-order valence-corrected chi connectivity index (χ1v) is 7.12. The predicted octanol–water partition coefficient (Wildman–Crippen LogP) is 3.80. The van der Waals surface area contributed by atoms with Crippen molar-refractivity contribution in [1.82, 2.24) is 4.90 Å². The minimum Gasteiger partial charge on any atom is -0.338 e. The topological polar surface area (TPSA) is 20.3 Å². The molecular formula is C12H12BrCl2NO. The predicted molar refractivity (Wildman–Crippen MR) is 73.9 cm³/mol. The van der Waals surface area contributed by atoms with Crippen molar-refractivity contribution >= 4 is 45.0 Å². The molecule has 1 saturated heterocycles. The lowest BCUT2D eigenvalue weighted by Gasteiger charge is -2.17. The van der Waals surface area contributed by atoms with Crippen LogP contribution in [0.2, 0.25) is 5.02 Å². The molecule has 0 spiro atoms. The molecule has 1 unspecified atom stereocenters. The van der Waals surface area contributed by atoms with E-state index in [2.05, 4.69) is 15.9 Å². The summed E-state index contributed by atoms with van der Waals surface area (Å²) < 4.78 is 0.860. The van der Waals surface area contributed by atoms with Crippen molar-refractivity contribution in [1.29, 1.82) is 0 Å². The van der Waals surface area contributed by atoms with Crippen molar-refractivity contribution < 1.29 is 4.79 Å². The second-order valence-corrected chi connectivity index (χ2v) is 5.82. The van der Waals surface area contributed by atoms with Crippen LogP contribution in [0.3, 0.4) is 0 Å². The Labute approximate surface area is 119 Å². The maximum atomic E-state index is 12.3. The van der Waals surface area contributed by atoms with Crippen LogP contribution in [0.1, 0.15) is 16.8 Å². The van der Waals surface area contributed by atoms with E-state index in [-0.39, 0.29) is 5.91 Å². The zero-order valence-electron chi connectivity index (χ0n) is 9.13. The van der Waals surface area contributed by atoms with Crippen molar-refractivity contribution in [3.8, 4) is 0 Å². The molecule has 1 fully saturated rings. The molecule has 17 heavy (non-hydrogen) atoms. The Kier molecular flexibility index (Phi) is 4.34. The van der Waals surface area contributed by atoms with Gasteiger partial charge in [-0.1, -0.05) is 27.5 Å². The number of hydrogen-bond donors (Lipinski definition) is 0. The number of halogens is 3. The lowest BCUT2D eigenvalue weighted by atomic mass is 10.1. The molecule has 1 heterocycles. The molecule has 5 heteroatoms. The summed E-state index contributed by atoms with van der Waals surface area (Å²) in [6, 6.07) is 5.32. The van der Waals surface area contributed by atoms with Gasteiger partial charge in [0.2, 0.25) is 0 Å². The summed E-state index contributed by atoms with van der Waals surface area (Å²) in [5.41, 5.74) is 0.552. The second kappa shape index (κ2) is 5.59. The molecular weight excluding hydrogens is 325 g/mol. The van der Waals surface area contributed by atoms with Crippen LogP contribution in [0.25, 0.3) is 0 Å². The van der Waals surface area contributed by atoms with Crippen molar-refractivity contribution in [2.45, 2.75) is 6.42 Å². The molecule has 0 aliphatic carbocycles. The van der Waals surface area contributed by atoms with E-state index in [4.69, 9.17) is 23.2 Å². The Morgan fingerprint density at radius 3 is 2.94 bits per heavy atom. The largest absolute Gasteiger partial charge is 0.338 e. The van der Waals surface area contributed by atoms with E-state index >= 15 is 0 Å². The SMILES string of the molecule is O=C(c1cc(Br)ccc1Cl)N1CCC(CCl)C1. The van der Waals surface area contributed by atoms with Gasteiger partial charge in [0.25, 0.3) is 5.91 Å². The summed E-state index contributed by atoms with van der Waals surface area (Å²) in [6.45, 7) is 1.49. The molecule has 92 valence electrons. The smallest absolute Gasteiger partial charge is 0.255 e. The van der Waals surface area contributed by atoms with Crippen molar-refractivity contribution in [2.24, 2.45) is 5.92 Å². The number of nitrogens with zero attached hydrogens (tertiary/aromatic N) is 1. The average molecular weight is 337 g/mol. The maximum Gasteiger partial charge on any atom is 0.255 e. The Hall–Kier alpha value is -0.250. The van der Waals surface area contributed by atoms with E-state index in [1.807, 2.05) is 11.0 Å². The highest BCUT2D eigenvalue weighted by atomic mass is 79.9. The molecule has 1 amide bonds. The van der Waals surface area contributed by atoms with E-state index in [1.54, 1.807) is 12.1 Å². The van der Waals surface area contributed by atoms with Gasteiger partial charge >= 0.3 is 0 Å².